The second-order valence-corrected chi connectivity index (χ2v) is 5.18. The van der Waals surface area contributed by atoms with Crippen molar-refractivity contribution in [3.05, 3.63) is 35.9 Å². The van der Waals surface area contributed by atoms with Crippen LogP contribution in [-0.2, 0) is 16.1 Å². The van der Waals surface area contributed by atoms with E-state index in [1.54, 1.807) is 0 Å². The maximum absolute atomic E-state index is 8.94. The van der Waals surface area contributed by atoms with Gasteiger partial charge in [-0.05, 0) is 18.4 Å². The number of hydrogen-bond donors (Lipinski definition) is 0. The number of nitriles is 1. The highest BCUT2D eigenvalue weighted by atomic mass is 16.5. The predicted molar refractivity (Wildman–Crippen MR) is 66.6 cm³/mol. The number of fused-ring (bicyclic) bond motifs is 2. The minimum Gasteiger partial charge on any atom is -0.376 e. The lowest BCUT2D eigenvalue weighted by Gasteiger charge is -2.20. The maximum Gasteiger partial charge on any atom is 0.0750 e. The second kappa shape index (κ2) is 5.09. The van der Waals surface area contributed by atoms with Gasteiger partial charge >= 0.3 is 0 Å². The molecule has 2 heterocycles. The van der Waals surface area contributed by atoms with Gasteiger partial charge in [-0.15, -0.1) is 0 Å². The molecule has 0 radical (unpaired) electrons. The first-order valence-electron chi connectivity index (χ1n) is 6.53. The Morgan fingerprint density at radius 1 is 1.22 bits per heavy atom. The third-order valence-electron chi connectivity index (χ3n) is 3.95. The van der Waals surface area contributed by atoms with Crippen LogP contribution in [0.2, 0.25) is 0 Å². The number of hydrogen-bond acceptors (Lipinski definition) is 3. The zero-order valence-electron chi connectivity index (χ0n) is 10.3. The van der Waals surface area contributed by atoms with Gasteiger partial charge in [0.05, 0.1) is 37.4 Å². The Morgan fingerprint density at radius 3 is 2.72 bits per heavy atom. The largest absolute Gasteiger partial charge is 0.376 e. The predicted octanol–water partition coefficient (Wildman–Crippen LogP) is 2.52. The van der Waals surface area contributed by atoms with E-state index in [0.717, 1.165) is 19.4 Å². The van der Waals surface area contributed by atoms with E-state index in [4.69, 9.17) is 14.7 Å². The number of nitrogens with zero attached hydrogens (tertiary/aromatic N) is 1. The van der Waals surface area contributed by atoms with E-state index < -0.39 is 0 Å². The first-order valence-corrected chi connectivity index (χ1v) is 6.53. The molecule has 94 valence electrons. The minimum absolute atomic E-state index is 0.111. The maximum atomic E-state index is 8.94. The average molecular weight is 243 g/mol. The van der Waals surface area contributed by atoms with E-state index in [1.807, 2.05) is 18.2 Å². The lowest BCUT2D eigenvalue weighted by Crippen LogP contribution is -2.25. The minimum atomic E-state index is 0.111. The number of ether oxygens (including phenoxy) is 2. The average Bonchev–Trinajstić information content (AvgIpc) is 2.99. The Labute approximate surface area is 107 Å². The molecule has 3 rings (SSSR count). The first-order chi connectivity index (χ1) is 8.86. The molecule has 4 atom stereocenters. The molecule has 0 amide bonds. The molecule has 2 aliphatic heterocycles. The van der Waals surface area contributed by atoms with Gasteiger partial charge in [0.25, 0.3) is 0 Å². The molecule has 1 unspecified atom stereocenters. The van der Waals surface area contributed by atoms with Gasteiger partial charge < -0.3 is 9.47 Å². The molecule has 2 aliphatic rings. The van der Waals surface area contributed by atoms with Crippen molar-refractivity contribution in [2.75, 3.05) is 6.61 Å². The Bertz CT molecular complexity index is 440. The van der Waals surface area contributed by atoms with Gasteiger partial charge in [0.1, 0.15) is 0 Å². The molecule has 0 spiro atoms. The Hall–Kier alpha value is -1.37. The third-order valence-corrected chi connectivity index (χ3v) is 3.95. The van der Waals surface area contributed by atoms with Crippen LogP contribution in [0.3, 0.4) is 0 Å². The van der Waals surface area contributed by atoms with Gasteiger partial charge in [0.15, 0.2) is 0 Å². The van der Waals surface area contributed by atoms with Crippen molar-refractivity contribution in [3.63, 3.8) is 0 Å². The molecule has 3 nitrogen and oxygen atoms in total. The van der Waals surface area contributed by atoms with E-state index >= 15 is 0 Å². The summed E-state index contributed by atoms with van der Waals surface area (Å²) in [5, 5.41) is 8.94. The molecule has 0 aliphatic carbocycles. The first kappa shape index (κ1) is 11.7. The molecular weight excluding hydrogens is 226 g/mol. The SMILES string of the molecule is N#C[C@H]1C[C@H]2O[C@@H]1CC2COCc1ccccc1. The fraction of sp³-hybridized carbons (Fsp3) is 0.533. The lowest BCUT2D eigenvalue weighted by molar-refractivity contribution is 0.0449. The van der Waals surface area contributed by atoms with Crippen LogP contribution in [0.5, 0.6) is 0 Å². The monoisotopic (exact) mass is 243 g/mol. The van der Waals surface area contributed by atoms with E-state index in [9.17, 15) is 0 Å². The van der Waals surface area contributed by atoms with Crippen LogP contribution in [0.1, 0.15) is 18.4 Å². The van der Waals surface area contributed by atoms with Crippen LogP contribution in [-0.4, -0.2) is 18.8 Å². The van der Waals surface area contributed by atoms with E-state index in [2.05, 4.69) is 18.2 Å². The van der Waals surface area contributed by atoms with Crippen molar-refractivity contribution in [2.45, 2.75) is 31.7 Å². The molecule has 2 fully saturated rings. The number of rotatable bonds is 4. The Morgan fingerprint density at radius 2 is 2.06 bits per heavy atom. The van der Waals surface area contributed by atoms with Crippen molar-refractivity contribution in [2.24, 2.45) is 11.8 Å². The summed E-state index contributed by atoms with van der Waals surface area (Å²) in [6.45, 7) is 1.41. The van der Waals surface area contributed by atoms with Crippen LogP contribution < -0.4 is 0 Å². The highest BCUT2D eigenvalue weighted by Gasteiger charge is 2.47. The molecular formula is C15H17NO2. The van der Waals surface area contributed by atoms with Crippen LogP contribution in [0.4, 0.5) is 0 Å². The van der Waals surface area contributed by atoms with Crippen LogP contribution in [0.15, 0.2) is 30.3 Å². The normalized spacial score (nSPS) is 33.5. The van der Waals surface area contributed by atoms with E-state index in [0.29, 0.717) is 12.5 Å². The van der Waals surface area contributed by atoms with Crippen LogP contribution in [0.25, 0.3) is 0 Å². The molecule has 0 N–H and O–H groups in total. The highest BCUT2D eigenvalue weighted by molar-refractivity contribution is 5.13. The lowest BCUT2D eigenvalue weighted by atomic mass is 9.83. The summed E-state index contributed by atoms with van der Waals surface area (Å²) in [6, 6.07) is 12.5. The smallest absolute Gasteiger partial charge is 0.0750 e. The Balaban J connectivity index is 1.45. The summed E-state index contributed by atoms with van der Waals surface area (Å²) in [6.07, 6.45) is 2.28. The topological polar surface area (TPSA) is 42.2 Å². The summed E-state index contributed by atoms with van der Waals surface area (Å²) in [4.78, 5) is 0. The van der Waals surface area contributed by atoms with Gasteiger partial charge in [-0.2, -0.15) is 5.26 Å². The molecule has 2 saturated heterocycles. The standard InChI is InChI=1S/C15H17NO2/c16-8-12-6-15-13(7-14(12)18-15)10-17-9-11-4-2-1-3-5-11/h1-5,12-15H,6-7,9-10H2/t12-,13?,14-,15-/m1/s1. The van der Waals surface area contributed by atoms with Crippen molar-refractivity contribution in [1.29, 1.82) is 5.26 Å². The molecule has 2 bridgehead atoms. The summed E-state index contributed by atoms with van der Waals surface area (Å²) >= 11 is 0. The van der Waals surface area contributed by atoms with Crippen LogP contribution >= 0.6 is 0 Å². The van der Waals surface area contributed by atoms with Crippen molar-refractivity contribution in [1.82, 2.24) is 0 Å². The quantitative estimate of drug-likeness (QED) is 0.816. The van der Waals surface area contributed by atoms with Gasteiger partial charge in [-0.1, -0.05) is 30.3 Å². The van der Waals surface area contributed by atoms with Crippen molar-refractivity contribution < 1.29 is 9.47 Å². The fourth-order valence-corrected chi connectivity index (χ4v) is 2.96. The number of benzene rings is 1. The van der Waals surface area contributed by atoms with Gasteiger partial charge in [-0.3, -0.25) is 0 Å². The van der Waals surface area contributed by atoms with Crippen molar-refractivity contribution >= 4 is 0 Å². The van der Waals surface area contributed by atoms with Gasteiger partial charge in [-0.25, -0.2) is 0 Å². The van der Waals surface area contributed by atoms with Gasteiger partial charge in [0, 0.05) is 5.92 Å². The molecule has 1 aromatic rings. The molecule has 18 heavy (non-hydrogen) atoms. The highest BCUT2D eigenvalue weighted by Crippen LogP contribution is 2.42. The molecule has 0 saturated carbocycles. The summed E-state index contributed by atoms with van der Waals surface area (Å²) in [5.41, 5.74) is 1.21. The zero-order valence-corrected chi connectivity index (χ0v) is 10.3. The molecule has 0 aromatic heterocycles. The summed E-state index contributed by atoms with van der Waals surface area (Å²) in [7, 11) is 0. The fourth-order valence-electron chi connectivity index (χ4n) is 2.96. The van der Waals surface area contributed by atoms with E-state index in [-0.39, 0.29) is 18.1 Å². The zero-order chi connectivity index (χ0) is 12.4. The summed E-state index contributed by atoms with van der Waals surface area (Å²) < 4.78 is 11.6. The van der Waals surface area contributed by atoms with E-state index in [1.165, 1.54) is 5.56 Å². The molecule has 3 heteroatoms. The summed E-state index contributed by atoms with van der Waals surface area (Å²) in [5.74, 6) is 0.587. The third kappa shape index (κ3) is 2.27. The van der Waals surface area contributed by atoms with Crippen LogP contribution in [0, 0.1) is 23.2 Å². The second-order valence-electron chi connectivity index (χ2n) is 5.18. The Kier molecular flexibility index (Phi) is 3.31. The molecule has 1 aromatic carbocycles. The van der Waals surface area contributed by atoms with Crippen molar-refractivity contribution in [3.8, 4) is 6.07 Å². The van der Waals surface area contributed by atoms with Gasteiger partial charge in [0.2, 0.25) is 0 Å².